The van der Waals surface area contributed by atoms with E-state index in [0.29, 0.717) is 10.0 Å². The molecule has 0 aromatic heterocycles. The monoisotopic (exact) mass is 344 g/mol. The van der Waals surface area contributed by atoms with E-state index in [-0.39, 0.29) is 10.8 Å². The molecule has 19 heavy (non-hydrogen) atoms. The van der Waals surface area contributed by atoms with Gasteiger partial charge in [-0.05, 0) is 37.5 Å². The number of aryl methyl sites for hydroxylation is 1. The molecule has 0 spiro atoms. The molecular formula is C13H17BrN2O2S. The third kappa shape index (κ3) is 3.56. The topological polar surface area (TPSA) is 70.0 Å². The van der Waals surface area contributed by atoms with Crippen molar-refractivity contribution in [1.82, 2.24) is 4.72 Å². The van der Waals surface area contributed by atoms with E-state index in [1.54, 1.807) is 39.8 Å². The van der Waals surface area contributed by atoms with Crippen LogP contribution in [0.25, 0.3) is 0 Å². The van der Waals surface area contributed by atoms with Crippen molar-refractivity contribution in [3.8, 4) is 6.07 Å². The Bertz CT molecular complexity index is 620. The largest absolute Gasteiger partial charge is 0.242 e. The van der Waals surface area contributed by atoms with Gasteiger partial charge in [-0.25, -0.2) is 8.42 Å². The fraction of sp³-hybridized carbons (Fsp3) is 0.462. The van der Waals surface area contributed by atoms with Gasteiger partial charge in [0.05, 0.1) is 11.0 Å². The molecule has 4 nitrogen and oxygen atoms in total. The predicted molar refractivity (Wildman–Crippen MR) is 78.1 cm³/mol. The lowest BCUT2D eigenvalue weighted by Crippen LogP contribution is -2.48. The lowest BCUT2D eigenvalue weighted by molar-refractivity contribution is 0.388. The first kappa shape index (κ1) is 16.2. The van der Waals surface area contributed by atoms with Gasteiger partial charge in [-0.3, -0.25) is 0 Å². The van der Waals surface area contributed by atoms with Crippen LogP contribution in [0.4, 0.5) is 0 Å². The van der Waals surface area contributed by atoms with Crippen molar-refractivity contribution in [2.75, 3.05) is 0 Å². The van der Waals surface area contributed by atoms with Crippen molar-refractivity contribution in [2.24, 2.45) is 5.92 Å². The van der Waals surface area contributed by atoms with E-state index in [0.717, 1.165) is 0 Å². The summed E-state index contributed by atoms with van der Waals surface area (Å²) in [6, 6.07) is 7.07. The molecule has 0 radical (unpaired) electrons. The molecule has 0 amide bonds. The predicted octanol–water partition coefficient (Wildman–Crippen LogP) is 2.97. The van der Waals surface area contributed by atoms with Gasteiger partial charge in [0.25, 0.3) is 0 Å². The van der Waals surface area contributed by atoms with Crippen LogP contribution in [0.2, 0.25) is 0 Å². The van der Waals surface area contributed by atoms with Crippen LogP contribution in [0.5, 0.6) is 0 Å². The highest BCUT2D eigenvalue weighted by Crippen LogP contribution is 2.24. The summed E-state index contributed by atoms with van der Waals surface area (Å²) in [5, 5.41) is 9.20. The van der Waals surface area contributed by atoms with Gasteiger partial charge in [0, 0.05) is 4.47 Å². The van der Waals surface area contributed by atoms with Crippen LogP contribution in [-0.4, -0.2) is 14.0 Å². The van der Waals surface area contributed by atoms with Crippen LogP contribution < -0.4 is 4.72 Å². The summed E-state index contributed by atoms with van der Waals surface area (Å²) in [7, 11) is -3.73. The molecule has 6 heteroatoms. The Morgan fingerprint density at radius 2 is 2.00 bits per heavy atom. The van der Waals surface area contributed by atoms with Crippen LogP contribution in [0, 0.1) is 24.2 Å². The molecule has 0 saturated carbocycles. The molecule has 0 aliphatic heterocycles. The molecule has 0 unspecified atom stereocenters. The van der Waals surface area contributed by atoms with Gasteiger partial charge in [-0.15, -0.1) is 0 Å². The van der Waals surface area contributed by atoms with Crippen LogP contribution in [-0.2, 0) is 10.0 Å². The summed E-state index contributed by atoms with van der Waals surface area (Å²) in [5.41, 5.74) is -0.493. The maximum absolute atomic E-state index is 12.4. The lowest BCUT2D eigenvalue weighted by atomic mass is 9.92. The van der Waals surface area contributed by atoms with Crippen LogP contribution in [0.15, 0.2) is 27.6 Å². The van der Waals surface area contributed by atoms with Crippen molar-refractivity contribution < 1.29 is 8.42 Å². The average Bonchev–Trinajstić information content (AvgIpc) is 2.31. The molecule has 1 rings (SSSR count). The minimum Gasteiger partial charge on any atom is -0.207 e. The fourth-order valence-corrected chi connectivity index (χ4v) is 3.70. The third-order valence-electron chi connectivity index (χ3n) is 3.17. The lowest BCUT2D eigenvalue weighted by Gasteiger charge is -2.27. The maximum Gasteiger partial charge on any atom is 0.242 e. The van der Waals surface area contributed by atoms with Gasteiger partial charge < -0.3 is 0 Å². The zero-order valence-electron chi connectivity index (χ0n) is 11.4. The van der Waals surface area contributed by atoms with Crippen molar-refractivity contribution in [3.63, 3.8) is 0 Å². The number of hydrogen-bond acceptors (Lipinski definition) is 3. The van der Waals surface area contributed by atoms with Gasteiger partial charge in [0.15, 0.2) is 0 Å². The number of benzene rings is 1. The highest BCUT2D eigenvalue weighted by atomic mass is 79.9. The molecule has 0 aliphatic rings. The second kappa shape index (κ2) is 5.61. The van der Waals surface area contributed by atoms with Crippen molar-refractivity contribution >= 4 is 26.0 Å². The summed E-state index contributed by atoms with van der Waals surface area (Å²) < 4.78 is 28.0. The highest BCUT2D eigenvalue weighted by Gasteiger charge is 2.34. The Labute approximate surface area is 123 Å². The average molecular weight is 345 g/mol. The third-order valence-corrected chi connectivity index (χ3v) is 5.38. The molecule has 0 aliphatic carbocycles. The number of rotatable bonds is 4. The normalized spacial score (nSPS) is 15.0. The smallest absolute Gasteiger partial charge is 0.207 e. The Morgan fingerprint density at radius 3 is 2.47 bits per heavy atom. The molecular weight excluding hydrogens is 328 g/mol. The minimum absolute atomic E-state index is 0.139. The van der Waals surface area contributed by atoms with Gasteiger partial charge in [0.1, 0.15) is 5.54 Å². The van der Waals surface area contributed by atoms with Crippen LogP contribution in [0.3, 0.4) is 0 Å². The van der Waals surface area contributed by atoms with Gasteiger partial charge in [-0.2, -0.15) is 9.98 Å². The summed E-state index contributed by atoms with van der Waals surface area (Å²) in [6.07, 6.45) is 0. The fourth-order valence-electron chi connectivity index (χ4n) is 1.47. The number of nitrogens with one attached hydrogen (secondary N) is 1. The Balaban J connectivity index is 3.27. The number of halogens is 1. The van der Waals surface area contributed by atoms with E-state index in [4.69, 9.17) is 0 Å². The van der Waals surface area contributed by atoms with Crippen LogP contribution in [0.1, 0.15) is 26.3 Å². The zero-order chi connectivity index (χ0) is 14.8. The van der Waals surface area contributed by atoms with E-state index in [1.165, 1.54) is 6.07 Å². The van der Waals surface area contributed by atoms with Gasteiger partial charge in [-0.1, -0.05) is 35.8 Å². The van der Waals surface area contributed by atoms with Crippen molar-refractivity contribution in [3.05, 3.63) is 28.2 Å². The standard InChI is InChI=1S/C13H17BrN2O2S/c1-9(2)13(4,8-15)16-19(17,18)12-7-11(14)6-5-10(12)3/h5-7,9,16H,1-4H3/t13-/m1/s1. The van der Waals surface area contributed by atoms with Crippen molar-refractivity contribution in [2.45, 2.75) is 38.1 Å². The molecule has 0 bridgehead atoms. The second-order valence-corrected chi connectivity index (χ2v) is 7.55. The number of sulfonamides is 1. The summed E-state index contributed by atoms with van der Waals surface area (Å²) >= 11 is 3.26. The van der Waals surface area contributed by atoms with E-state index in [1.807, 2.05) is 6.07 Å². The van der Waals surface area contributed by atoms with Gasteiger partial charge >= 0.3 is 0 Å². The number of hydrogen-bond donors (Lipinski definition) is 1. The summed E-state index contributed by atoms with van der Waals surface area (Å²) in [5.74, 6) is -0.139. The Hall–Kier alpha value is -0.900. The van der Waals surface area contributed by atoms with E-state index < -0.39 is 15.6 Å². The molecule has 0 heterocycles. The molecule has 0 saturated heterocycles. The molecule has 1 atom stereocenters. The molecule has 1 aromatic rings. The Kier molecular flexibility index (Phi) is 4.77. The minimum atomic E-state index is -3.73. The summed E-state index contributed by atoms with van der Waals surface area (Å²) in [6.45, 7) is 6.92. The quantitative estimate of drug-likeness (QED) is 0.912. The highest BCUT2D eigenvalue weighted by molar-refractivity contribution is 9.10. The first-order valence-electron chi connectivity index (χ1n) is 5.84. The number of nitriles is 1. The summed E-state index contributed by atoms with van der Waals surface area (Å²) in [4.78, 5) is 0.184. The molecule has 1 N–H and O–H groups in total. The molecule has 0 fully saturated rings. The zero-order valence-corrected chi connectivity index (χ0v) is 13.8. The van der Waals surface area contributed by atoms with Crippen molar-refractivity contribution in [1.29, 1.82) is 5.26 Å². The SMILES string of the molecule is Cc1ccc(Br)cc1S(=O)(=O)N[C@](C)(C#N)C(C)C. The molecule has 1 aromatic carbocycles. The van der Waals surface area contributed by atoms with Gasteiger partial charge in [0.2, 0.25) is 10.0 Å². The first-order chi connectivity index (χ1) is 8.62. The van der Waals surface area contributed by atoms with E-state index in [9.17, 15) is 13.7 Å². The second-order valence-electron chi connectivity index (χ2n) is 4.98. The Morgan fingerprint density at radius 1 is 1.42 bits per heavy atom. The number of nitrogens with zero attached hydrogens (tertiary/aromatic N) is 1. The first-order valence-corrected chi connectivity index (χ1v) is 8.11. The van der Waals surface area contributed by atoms with Crippen LogP contribution >= 0.6 is 15.9 Å². The van der Waals surface area contributed by atoms with E-state index in [2.05, 4.69) is 20.7 Å². The van der Waals surface area contributed by atoms with E-state index >= 15 is 0 Å². The molecule has 104 valence electrons. The maximum atomic E-state index is 12.4.